The third-order valence-electron chi connectivity index (χ3n) is 4.16. The molecule has 0 saturated heterocycles. The number of carbonyl (C=O) groups is 2. The van der Waals surface area contributed by atoms with Crippen LogP contribution in [0.25, 0.3) is 0 Å². The summed E-state index contributed by atoms with van der Waals surface area (Å²) >= 11 is 0. The minimum Gasteiger partial charge on any atom is -0.300 e. The number of ketones is 2. The van der Waals surface area contributed by atoms with E-state index >= 15 is 0 Å². The lowest BCUT2D eigenvalue weighted by Crippen LogP contribution is -2.37. The molecular weight excluding hydrogens is 236 g/mol. The second-order valence-corrected chi connectivity index (χ2v) is 8.43. The Morgan fingerprint density at radius 2 is 1.26 bits per heavy atom. The molecule has 0 aliphatic rings. The number of carbonyl (C=O) groups excluding carboxylic acids is 2. The van der Waals surface area contributed by atoms with E-state index in [4.69, 9.17) is 0 Å². The Morgan fingerprint density at radius 3 is 1.63 bits per heavy atom. The van der Waals surface area contributed by atoms with Crippen molar-refractivity contribution in [1.29, 1.82) is 0 Å². The molecule has 0 fully saturated rings. The number of Topliss-reactive ketones (excluding diaryl/α,β-unsaturated/α-hetero) is 2. The fraction of sp³-hybridized carbons (Fsp3) is 0.882. The van der Waals surface area contributed by atoms with Crippen LogP contribution >= 0.6 is 0 Å². The Balaban J connectivity index is 4.23. The van der Waals surface area contributed by atoms with E-state index in [9.17, 15) is 9.59 Å². The van der Waals surface area contributed by atoms with E-state index in [1.165, 1.54) is 0 Å². The summed E-state index contributed by atoms with van der Waals surface area (Å²) in [6, 6.07) is 0. The maximum absolute atomic E-state index is 12.3. The van der Waals surface area contributed by atoms with Crippen LogP contribution in [-0.4, -0.2) is 11.6 Å². The van der Waals surface area contributed by atoms with E-state index in [1.807, 2.05) is 13.8 Å². The van der Waals surface area contributed by atoms with Crippen LogP contribution in [0.2, 0.25) is 0 Å². The summed E-state index contributed by atoms with van der Waals surface area (Å²) in [6.07, 6.45) is 2.33. The van der Waals surface area contributed by atoms with Gasteiger partial charge in [-0.15, -0.1) is 0 Å². The number of hydrogen-bond donors (Lipinski definition) is 0. The summed E-state index contributed by atoms with van der Waals surface area (Å²) in [6.45, 7) is 16.5. The van der Waals surface area contributed by atoms with Gasteiger partial charge in [-0.2, -0.15) is 0 Å². The lowest BCUT2D eigenvalue weighted by Gasteiger charge is -2.37. The summed E-state index contributed by atoms with van der Waals surface area (Å²) < 4.78 is 0. The Labute approximate surface area is 119 Å². The van der Waals surface area contributed by atoms with Crippen molar-refractivity contribution < 1.29 is 9.59 Å². The first-order valence-corrected chi connectivity index (χ1v) is 7.32. The highest BCUT2D eigenvalue weighted by molar-refractivity contribution is 5.85. The second kappa shape index (κ2) is 6.19. The van der Waals surface area contributed by atoms with Gasteiger partial charge in [-0.05, 0) is 17.3 Å². The van der Waals surface area contributed by atoms with Gasteiger partial charge in [0, 0.05) is 24.7 Å². The van der Waals surface area contributed by atoms with E-state index in [-0.39, 0.29) is 27.8 Å². The molecule has 0 aromatic rings. The van der Waals surface area contributed by atoms with Gasteiger partial charge in [0.1, 0.15) is 11.6 Å². The molecule has 0 aromatic carbocycles. The molecule has 0 heterocycles. The number of rotatable bonds is 6. The Kier molecular flexibility index (Phi) is 5.98. The van der Waals surface area contributed by atoms with Crippen LogP contribution < -0.4 is 0 Å². The van der Waals surface area contributed by atoms with Gasteiger partial charge in [0.05, 0.1) is 0 Å². The van der Waals surface area contributed by atoms with Gasteiger partial charge in [0.25, 0.3) is 0 Å². The largest absolute Gasteiger partial charge is 0.300 e. The summed E-state index contributed by atoms with van der Waals surface area (Å²) in [4.78, 5) is 24.0. The third kappa shape index (κ3) is 6.35. The van der Waals surface area contributed by atoms with Gasteiger partial charge in [0.15, 0.2) is 0 Å². The maximum atomic E-state index is 12.3. The van der Waals surface area contributed by atoms with Crippen molar-refractivity contribution in [3.8, 4) is 0 Å². The molecule has 2 nitrogen and oxygen atoms in total. The molecule has 0 spiro atoms. The fourth-order valence-corrected chi connectivity index (χ4v) is 1.86. The molecule has 0 saturated carbocycles. The second-order valence-electron chi connectivity index (χ2n) is 8.43. The highest BCUT2D eigenvalue weighted by atomic mass is 16.1. The van der Waals surface area contributed by atoms with E-state index in [2.05, 4.69) is 41.5 Å². The molecule has 0 N–H and O–H groups in total. The molecule has 2 heteroatoms. The zero-order valence-electron chi connectivity index (χ0n) is 14.1. The molecular formula is C17H32O2. The highest BCUT2D eigenvalue weighted by Gasteiger charge is 2.38. The zero-order chi connectivity index (χ0) is 15.5. The van der Waals surface area contributed by atoms with Crippen molar-refractivity contribution in [2.75, 3.05) is 0 Å². The lowest BCUT2D eigenvalue weighted by molar-refractivity contribution is -0.132. The predicted molar refractivity (Wildman–Crippen MR) is 81.2 cm³/mol. The van der Waals surface area contributed by atoms with E-state index in [0.29, 0.717) is 25.7 Å². The van der Waals surface area contributed by atoms with Crippen LogP contribution in [-0.2, 0) is 9.59 Å². The summed E-state index contributed by atoms with van der Waals surface area (Å²) in [5, 5.41) is 0. The minimum absolute atomic E-state index is 0.0422. The first-order chi connectivity index (χ1) is 8.27. The van der Waals surface area contributed by atoms with Crippen molar-refractivity contribution in [2.45, 2.75) is 81.1 Å². The molecule has 0 radical (unpaired) electrons. The summed E-state index contributed by atoms with van der Waals surface area (Å²) in [5.74, 6) is 0.539. The van der Waals surface area contributed by atoms with Crippen molar-refractivity contribution >= 4 is 11.6 Å². The quantitative estimate of drug-likeness (QED) is 0.693. The van der Waals surface area contributed by atoms with Gasteiger partial charge in [0.2, 0.25) is 0 Å². The molecule has 0 aliphatic heterocycles. The topological polar surface area (TPSA) is 34.1 Å². The minimum atomic E-state index is -0.333. The van der Waals surface area contributed by atoms with Crippen LogP contribution in [0.15, 0.2) is 0 Å². The zero-order valence-corrected chi connectivity index (χ0v) is 14.1. The normalized spacial score (nSPS) is 13.5. The fourth-order valence-electron chi connectivity index (χ4n) is 1.86. The molecule has 0 amide bonds. The Morgan fingerprint density at radius 1 is 0.789 bits per heavy atom. The smallest absolute Gasteiger partial charge is 0.139 e. The number of hydrogen-bond acceptors (Lipinski definition) is 2. The maximum Gasteiger partial charge on any atom is 0.139 e. The first kappa shape index (κ1) is 18.3. The molecule has 0 rings (SSSR count). The van der Waals surface area contributed by atoms with Crippen LogP contribution in [0.3, 0.4) is 0 Å². The van der Waals surface area contributed by atoms with Crippen molar-refractivity contribution in [2.24, 2.45) is 16.2 Å². The van der Waals surface area contributed by atoms with E-state index in [0.717, 1.165) is 0 Å². The molecule has 0 unspecified atom stereocenters. The third-order valence-corrected chi connectivity index (χ3v) is 4.16. The van der Waals surface area contributed by atoms with Crippen molar-refractivity contribution in [3.05, 3.63) is 0 Å². The van der Waals surface area contributed by atoms with E-state index in [1.54, 1.807) is 0 Å². The molecule has 0 bridgehead atoms. The van der Waals surface area contributed by atoms with Gasteiger partial charge >= 0.3 is 0 Å². The van der Waals surface area contributed by atoms with Gasteiger partial charge < -0.3 is 0 Å². The van der Waals surface area contributed by atoms with Crippen LogP contribution in [0, 0.1) is 16.2 Å². The van der Waals surface area contributed by atoms with E-state index < -0.39 is 0 Å². The summed E-state index contributed by atoms with van der Waals surface area (Å²) in [7, 11) is 0. The Bertz CT molecular complexity index is 324. The monoisotopic (exact) mass is 268 g/mol. The van der Waals surface area contributed by atoms with Gasteiger partial charge in [-0.1, -0.05) is 55.4 Å². The standard InChI is InChI=1S/C17H32O2/c1-15(2,3)12-13(18)10-9-11-14(19)17(7,8)16(4,5)6/h9-12H2,1-8H3. The Hall–Kier alpha value is -0.660. The first-order valence-electron chi connectivity index (χ1n) is 7.32. The van der Waals surface area contributed by atoms with Gasteiger partial charge in [-0.3, -0.25) is 9.59 Å². The SMILES string of the molecule is CC(C)(C)CC(=O)CCCC(=O)C(C)(C)C(C)(C)C. The van der Waals surface area contributed by atoms with Crippen LogP contribution in [0.5, 0.6) is 0 Å². The van der Waals surface area contributed by atoms with Crippen molar-refractivity contribution in [3.63, 3.8) is 0 Å². The van der Waals surface area contributed by atoms with Crippen LogP contribution in [0.4, 0.5) is 0 Å². The summed E-state index contributed by atoms with van der Waals surface area (Å²) in [5.41, 5.74) is -0.328. The average molecular weight is 268 g/mol. The molecule has 19 heavy (non-hydrogen) atoms. The van der Waals surface area contributed by atoms with Gasteiger partial charge in [-0.25, -0.2) is 0 Å². The van der Waals surface area contributed by atoms with Crippen molar-refractivity contribution in [1.82, 2.24) is 0 Å². The van der Waals surface area contributed by atoms with Crippen LogP contribution in [0.1, 0.15) is 81.1 Å². The average Bonchev–Trinajstić information content (AvgIpc) is 2.12. The molecule has 0 atom stereocenters. The highest BCUT2D eigenvalue weighted by Crippen LogP contribution is 2.39. The predicted octanol–water partition coefficient (Wildman–Crippen LogP) is 4.80. The molecule has 0 aliphatic carbocycles. The lowest BCUT2D eigenvalue weighted by atomic mass is 9.66. The molecule has 112 valence electrons. The molecule has 0 aromatic heterocycles.